The van der Waals surface area contributed by atoms with E-state index in [1.165, 1.54) is 12.4 Å². The number of amides is 1. The van der Waals surface area contributed by atoms with Crippen molar-refractivity contribution < 1.29 is 4.79 Å². The van der Waals surface area contributed by atoms with E-state index in [2.05, 4.69) is 36.5 Å². The van der Waals surface area contributed by atoms with Crippen LogP contribution in [-0.4, -0.2) is 15.9 Å². The molecule has 0 bridgehead atoms. The highest BCUT2D eigenvalue weighted by molar-refractivity contribution is 9.10. The molecule has 0 saturated carbocycles. The Morgan fingerprint density at radius 2 is 1.76 bits per heavy atom. The summed E-state index contributed by atoms with van der Waals surface area (Å²) in [5.41, 5.74) is 2.33. The number of halogens is 1. The van der Waals surface area contributed by atoms with Crippen molar-refractivity contribution in [1.82, 2.24) is 15.3 Å². The van der Waals surface area contributed by atoms with Crippen LogP contribution in [0.4, 0.5) is 11.6 Å². The third kappa shape index (κ3) is 4.64. The Bertz CT molecular complexity index is 853. The smallest absolute Gasteiger partial charge is 0.254 e. The number of hydrogen-bond donors (Lipinski definition) is 2. The summed E-state index contributed by atoms with van der Waals surface area (Å²) in [4.78, 5) is 20.7. The first kappa shape index (κ1) is 17.1. The van der Waals surface area contributed by atoms with Gasteiger partial charge in [0, 0.05) is 22.6 Å². The maximum absolute atomic E-state index is 12.3. The normalized spacial score (nSPS) is 11.6. The van der Waals surface area contributed by atoms with Gasteiger partial charge in [0.25, 0.3) is 5.91 Å². The van der Waals surface area contributed by atoms with Gasteiger partial charge in [-0.25, -0.2) is 9.97 Å². The Morgan fingerprint density at radius 1 is 1.04 bits per heavy atom. The second kappa shape index (κ2) is 7.90. The lowest BCUT2D eigenvalue weighted by Gasteiger charge is -2.14. The van der Waals surface area contributed by atoms with E-state index < -0.39 is 0 Å². The Morgan fingerprint density at radius 3 is 2.44 bits per heavy atom. The summed E-state index contributed by atoms with van der Waals surface area (Å²) in [6.45, 7) is 1.94. The topological polar surface area (TPSA) is 66.9 Å². The van der Waals surface area contributed by atoms with E-state index in [-0.39, 0.29) is 11.9 Å². The van der Waals surface area contributed by atoms with Crippen LogP contribution in [-0.2, 0) is 0 Å². The quantitative estimate of drug-likeness (QED) is 0.667. The van der Waals surface area contributed by atoms with E-state index in [4.69, 9.17) is 0 Å². The molecule has 1 amide bonds. The van der Waals surface area contributed by atoms with Gasteiger partial charge in [-0.1, -0.05) is 52.3 Å². The van der Waals surface area contributed by atoms with Gasteiger partial charge in [0.2, 0.25) is 5.95 Å². The fraction of sp³-hybridized carbons (Fsp3) is 0.105. The second-order valence-corrected chi connectivity index (χ2v) is 6.45. The summed E-state index contributed by atoms with van der Waals surface area (Å²) in [6, 6.07) is 17.4. The molecule has 2 N–H and O–H groups in total. The number of carbonyl (C=O) groups is 1. The van der Waals surface area contributed by atoms with Crippen molar-refractivity contribution in [3.8, 4) is 0 Å². The van der Waals surface area contributed by atoms with Gasteiger partial charge in [-0.05, 0) is 30.7 Å². The predicted octanol–water partition coefficient (Wildman–Crippen LogP) is 4.47. The molecule has 3 aromatic rings. The monoisotopic (exact) mass is 396 g/mol. The molecule has 0 aliphatic carbocycles. The second-order valence-electron chi connectivity index (χ2n) is 5.54. The highest BCUT2D eigenvalue weighted by Gasteiger charge is 2.12. The third-order valence-electron chi connectivity index (χ3n) is 3.64. The lowest BCUT2D eigenvalue weighted by molar-refractivity contribution is 0.0939. The van der Waals surface area contributed by atoms with E-state index in [0.29, 0.717) is 11.5 Å². The molecule has 3 rings (SSSR count). The lowest BCUT2D eigenvalue weighted by atomic mass is 10.1. The molecule has 0 aliphatic rings. The average Bonchev–Trinajstić information content (AvgIpc) is 2.63. The molecule has 25 heavy (non-hydrogen) atoms. The Balaban J connectivity index is 1.64. The van der Waals surface area contributed by atoms with Crippen molar-refractivity contribution in [3.63, 3.8) is 0 Å². The van der Waals surface area contributed by atoms with E-state index >= 15 is 0 Å². The van der Waals surface area contributed by atoms with Gasteiger partial charge in [-0.15, -0.1) is 0 Å². The first-order chi connectivity index (χ1) is 12.1. The van der Waals surface area contributed by atoms with Crippen molar-refractivity contribution in [2.75, 3.05) is 5.32 Å². The SMILES string of the molecule is CC(NC(=O)c1cnc(Nc2cccc(Br)c2)nc1)c1ccccc1. The molecule has 6 heteroatoms. The first-order valence-electron chi connectivity index (χ1n) is 7.82. The van der Waals surface area contributed by atoms with Crippen LogP contribution in [0.5, 0.6) is 0 Å². The molecule has 2 aromatic carbocycles. The molecule has 126 valence electrons. The van der Waals surface area contributed by atoms with Gasteiger partial charge in [0.15, 0.2) is 0 Å². The first-order valence-corrected chi connectivity index (χ1v) is 8.61. The van der Waals surface area contributed by atoms with Crippen LogP contribution in [0.15, 0.2) is 71.5 Å². The average molecular weight is 397 g/mol. The van der Waals surface area contributed by atoms with Gasteiger partial charge in [-0.3, -0.25) is 4.79 Å². The Kier molecular flexibility index (Phi) is 5.40. The zero-order chi connectivity index (χ0) is 17.6. The Labute approximate surface area is 154 Å². The molecule has 0 saturated heterocycles. The molecule has 0 spiro atoms. The van der Waals surface area contributed by atoms with Gasteiger partial charge >= 0.3 is 0 Å². The van der Waals surface area contributed by atoms with Crippen molar-refractivity contribution in [2.45, 2.75) is 13.0 Å². The van der Waals surface area contributed by atoms with Crippen molar-refractivity contribution >= 4 is 33.5 Å². The zero-order valence-corrected chi connectivity index (χ0v) is 15.2. The fourth-order valence-corrected chi connectivity index (χ4v) is 2.71. The molecule has 1 heterocycles. The minimum Gasteiger partial charge on any atom is -0.345 e. The fourth-order valence-electron chi connectivity index (χ4n) is 2.31. The van der Waals surface area contributed by atoms with Crippen LogP contribution in [0, 0.1) is 0 Å². The standard InChI is InChI=1S/C19H17BrN4O/c1-13(14-6-3-2-4-7-14)23-18(25)15-11-21-19(22-12-15)24-17-9-5-8-16(20)10-17/h2-13H,1H3,(H,23,25)(H,21,22,24). The van der Waals surface area contributed by atoms with E-state index in [1.54, 1.807) is 0 Å². The number of carbonyl (C=O) groups excluding carboxylic acids is 1. The minimum atomic E-state index is -0.203. The van der Waals surface area contributed by atoms with Gasteiger partial charge in [-0.2, -0.15) is 0 Å². The predicted molar refractivity (Wildman–Crippen MR) is 102 cm³/mol. The van der Waals surface area contributed by atoms with Gasteiger partial charge in [0.1, 0.15) is 0 Å². The number of rotatable bonds is 5. The van der Waals surface area contributed by atoms with Crippen molar-refractivity contribution in [1.29, 1.82) is 0 Å². The van der Waals surface area contributed by atoms with Crippen LogP contribution in [0.1, 0.15) is 28.9 Å². The molecule has 0 radical (unpaired) electrons. The number of aromatic nitrogens is 2. The van der Waals surface area contributed by atoms with Crippen molar-refractivity contribution in [3.05, 3.63) is 82.6 Å². The zero-order valence-electron chi connectivity index (χ0n) is 13.6. The summed E-state index contributed by atoms with van der Waals surface area (Å²) in [5.74, 6) is 0.233. The maximum Gasteiger partial charge on any atom is 0.254 e. The van der Waals surface area contributed by atoms with Crippen LogP contribution < -0.4 is 10.6 Å². The van der Waals surface area contributed by atoms with Crippen LogP contribution in [0.3, 0.4) is 0 Å². The summed E-state index contributed by atoms with van der Waals surface area (Å²) in [7, 11) is 0. The van der Waals surface area contributed by atoms with E-state index in [0.717, 1.165) is 15.7 Å². The molecule has 0 fully saturated rings. The molecule has 1 atom stereocenters. The van der Waals surface area contributed by atoms with E-state index in [9.17, 15) is 4.79 Å². The molecular formula is C19H17BrN4O. The van der Waals surface area contributed by atoms with Gasteiger partial charge in [0.05, 0.1) is 11.6 Å². The molecule has 0 aliphatic heterocycles. The lowest BCUT2D eigenvalue weighted by Crippen LogP contribution is -2.26. The van der Waals surface area contributed by atoms with Crippen LogP contribution in [0.25, 0.3) is 0 Å². The Hall–Kier alpha value is -2.73. The number of nitrogens with zero attached hydrogens (tertiary/aromatic N) is 2. The molecule has 5 nitrogen and oxygen atoms in total. The highest BCUT2D eigenvalue weighted by atomic mass is 79.9. The summed E-state index contributed by atoms with van der Waals surface area (Å²) < 4.78 is 0.961. The highest BCUT2D eigenvalue weighted by Crippen LogP contribution is 2.18. The van der Waals surface area contributed by atoms with Crippen LogP contribution >= 0.6 is 15.9 Å². The van der Waals surface area contributed by atoms with Crippen LogP contribution in [0.2, 0.25) is 0 Å². The van der Waals surface area contributed by atoms with Gasteiger partial charge < -0.3 is 10.6 Å². The third-order valence-corrected chi connectivity index (χ3v) is 4.14. The molecule has 1 aromatic heterocycles. The number of hydrogen-bond acceptors (Lipinski definition) is 4. The van der Waals surface area contributed by atoms with E-state index in [1.807, 2.05) is 61.5 Å². The van der Waals surface area contributed by atoms with Crippen molar-refractivity contribution in [2.24, 2.45) is 0 Å². The maximum atomic E-state index is 12.3. The summed E-state index contributed by atoms with van der Waals surface area (Å²) in [6.07, 6.45) is 3.03. The number of anilines is 2. The molecule has 1 unspecified atom stereocenters. The molecular weight excluding hydrogens is 380 g/mol. The summed E-state index contributed by atoms with van der Waals surface area (Å²) >= 11 is 3.41. The summed E-state index contributed by atoms with van der Waals surface area (Å²) in [5, 5.41) is 6.04. The number of benzene rings is 2. The largest absolute Gasteiger partial charge is 0.345 e. The minimum absolute atomic E-state index is 0.0897. The number of nitrogens with one attached hydrogen (secondary N) is 2.